The minimum atomic E-state index is -0.825. The second kappa shape index (κ2) is 5.32. The molecule has 0 spiro atoms. The quantitative estimate of drug-likeness (QED) is 0.583. The van der Waals surface area contributed by atoms with Crippen molar-refractivity contribution in [1.82, 2.24) is 0 Å². The average Bonchev–Trinajstić information content (AvgIpc) is 2.15. The highest BCUT2D eigenvalue weighted by Crippen LogP contribution is 2.10. The molecule has 0 aromatic heterocycles. The van der Waals surface area contributed by atoms with Gasteiger partial charge in [0.2, 0.25) is 0 Å². The first-order chi connectivity index (χ1) is 6.20. The Labute approximate surface area is 83.7 Å². The van der Waals surface area contributed by atoms with Crippen molar-refractivity contribution in [1.29, 1.82) is 0 Å². The fourth-order valence-corrected chi connectivity index (χ4v) is 1.28. The van der Waals surface area contributed by atoms with Crippen molar-refractivity contribution in [3.05, 3.63) is 30.3 Å². The van der Waals surface area contributed by atoms with Crippen LogP contribution in [0.4, 0.5) is 0 Å². The van der Waals surface area contributed by atoms with Crippen LogP contribution in [0.25, 0.3) is 0 Å². The molecule has 1 aromatic carbocycles. The van der Waals surface area contributed by atoms with Crippen molar-refractivity contribution in [3.63, 3.8) is 0 Å². The van der Waals surface area contributed by atoms with E-state index in [4.69, 9.17) is 4.10 Å². The van der Waals surface area contributed by atoms with Crippen molar-refractivity contribution < 1.29 is 9.12 Å². The standard InChI is InChI=1S/C9H13BO2S/c1-8(2)13-12-10(11)9-6-4-3-5-7-9/h3-8,11H,1-2H3. The first-order valence-corrected chi connectivity index (χ1v) is 5.06. The summed E-state index contributed by atoms with van der Waals surface area (Å²) in [6.45, 7) is 4.03. The molecule has 0 aliphatic rings. The summed E-state index contributed by atoms with van der Waals surface area (Å²) in [6, 6.07) is 9.34. The van der Waals surface area contributed by atoms with E-state index in [9.17, 15) is 5.02 Å². The van der Waals surface area contributed by atoms with Crippen LogP contribution in [0, 0.1) is 0 Å². The lowest BCUT2D eigenvalue weighted by Crippen LogP contribution is -2.31. The van der Waals surface area contributed by atoms with Crippen LogP contribution in [-0.2, 0) is 4.10 Å². The monoisotopic (exact) mass is 196 g/mol. The molecule has 2 nitrogen and oxygen atoms in total. The van der Waals surface area contributed by atoms with Crippen LogP contribution in [0.1, 0.15) is 13.8 Å². The fraction of sp³-hybridized carbons (Fsp3) is 0.333. The van der Waals surface area contributed by atoms with Gasteiger partial charge in [0, 0.05) is 5.25 Å². The van der Waals surface area contributed by atoms with Gasteiger partial charge in [0.05, 0.1) is 0 Å². The summed E-state index contributed by atoms with van der Waals surface area (Å²) in [4.78, 5) is 0. The van der Waals surface area contributed by atoms with Gasteiger partial charge in [0.25, 0.3) is 0 Å². The van der Waals surface area contributed by atoms with Crippen molar-refractivity contribution in [3.8, 4) is 0 Å². The van der Waals surface area contributed by atoms with Crippen molar-refractivity contribution in [2.45, 2.75) is 19.1 Å². The summed E-state index contributed by atoms with van der Waals surface area (Å²) >= 11 is 1.28. The third-order valence-corrected chi connectivity index (χ3v) is 2.10. The molecule has 0 unspecified atom stereocenters. The maximum Gasteiger partial charge on any atom is 0.502 e. The van der Waals surface area contributed by atoms with E-state index in [-0.39, 0.29) is 0 Å². The molecule has 1 rings (SSSR count). The fourth-order valence-electron chi connectivity index (χ4n) is 0.837. The number of hydrogen-bond acceptors (Lipinski definition) is 3. The number of hydrogen-bond donors (Lipinski definition) is 1. The molecule has 0 heterocycles. The molecule has 0 aliphatic carbocycles. The van der Waals surface area contributed by atoms with Gasteiger partial charge in [-0.15, -0.1) is 0 Å². The van der Waals surface area contributed by atoms with Crippen LogP contribution in [0.5, 0.6) is 0 Å². The van der Waals surface area contributed by atoms with Crippen LogP contribution >= 0.6 is 12.0 Å². The predicted octanol–water partition coefficient (Wildman–Crippen LogP) is 1.45. The Bertz CT molecular complexity index is 241. The minimum Gasteiger partial charge on any atom is -0.423 e. The smallest absolute Gasteiger partial charge is 0.423 e. The van der Waals surface area contributed by atoms with E-state index in [0.717, 1.165) is 5.46 Å². The summed E-state index contributed by atoms with van der Waals surface area (Å²) in [6.07, 6.45) is 0. The van der Waals surface area contributed by atoms with E-state index in [1.807, 2.05) is 44.2 Å². The van der Waals surface area contributed by atoms with E-state index in [1.165, 1.54) is 12.0 Å². The Morgan fingerprint density at radius 3 is 2.46 bits per heavy atom. The zero-order valence-electron chi connectivity index (χ0n) is 7.81. The summed E-state index contributed by atoms with van der Waals surface area (Å²) in [5.74, 6) is 0. The van der Waals surface area contributed by atoms with Crippen molar-refractivity contribution >= 4 is 24.6 Å². The van der Waals surface area contributed by atoms with Gasteiger partial charge in [0.15, 0.2) is 0 Å². The maximum atomic E-state index is 9.53. The van der Waals surface area contributed by atoms with Crippen LogP contribution < -0.4 is 5.46 Å². The Morgan fingerprint density at radius 2 is 1.92 bits per heavy atom. The number of benzene rings is 1. The van der Waals surface area contributed by atoms with Crippen LogP contribution in [0.15, 0.2) is 30.3 Å². The second-order valence-corrected chi connectivity index (χ2v) is 4.33. The zero-order valence-corrected chi connectivity index (χ0v) is 8.62. The molecule has 1 aromatic rings. The lowest BCUT2D eigenvalue weighted by atomic mass is 9.80. The summed E-state index contributed by atoms with van der Waals surface area (Å²) < 4.78 is 5.16. The van der Waals surface area contributed by atoms with Gasteiger partial charge < -0.3 is 9.12 Å². The molecule has 0 saturated heterocycles. The van der Waals surface area contributed by atoms with E-state index in [2.05, 4.69) is 0 Å². The highest BCUT2D eigenvalue weighted by atomic mass is 32.2. The van der Waals surface area contributed by atoms with Crippen molar-refractivity contribution in [2.75, 3.05) is 0 Å². The summed E-state index contributed by atoms with van der Waals surface area (Å²) in [7, 11) is -0.825. The normalized spacial score (nSPS) is 10.5. The molecular formula is C9H13BO2S. The second-order valence-electron chi connectivity index (χ2n) is 3.00. The molecule has 1 N–H and O–H groups in total. The number of rotatable bonds is 4. The van der Waals surface area contributed by atoms with E-state index < -0.39 is 7.12 Å². The molecule has 13 heavy (non-hydrogen) atoms. The van der Waals surface area contributed by atoms with Gasteiger partial charge in [-0.05, 0) is 17.5 Å². The maximum absolute atomic E-state index is 9.53. The Kier molecular flexibility index (Phi) is 4.35. The highest BCUT2D eigenvalue weighted by molar-refractivity contribution is 7.96. The van der Waals surface area contributed by atoms with E-state index >= 15 is 0 Å². The Balaban J connectivity index is 2.44. The first-order valence-electron chi connectivity index (χ1n) is 4.25. The van der Waals surface area contributed by atoms with Crippen molar-refractivity contribution in [2.24, 2.45) is 0 Å². The van der Waals surface area contributed by atoms with Gasteiger partial charge >= 0.3 is 7.12 Å². The summed E-state index contributed by atoms with van der Waals surface area (Å²) in [5.41, 5.74) is 0.788. The third-order valence-electron chi connectivity index (χ3n) is 1.42. The largest absolute Gasteiger partial charge is 0.502 e. The molecule has 0 radical (unpaired) electrons. The minimum absolute atomic E-state index is 0.360. The predicted molar refractivity (Wildman–Crippen MR) is 57.9 cm³/mol. The third kappa shape index (κ3) is 3.85. The molecule has 0 atom stereocenters. The molecule has 0 fully saturated rings. The lowest BCUT2D eigenvalue weighted by molar-refractivity contribution is 0.467. The average molecular weight is 196 g/mol. The lowest BCUT2D eigenvalue weighted by Gasteiger charge is -2.08. The molecule has 0 bridgehead atoms. The van der Waals surface area contributed by atoms with E-state index in [0.29, 0.717) is 5.25 Å². The molecule has 0 saturated carbocycles. The molecule has 70 valence electrons. The van der Waals surface area contributed by atoms with Gasteiger partial charge in [-0.2, -0.15) is 0 Å². The molecule has 0 amide bonds. The molecule has 0 aliphatic heterocycles. The Hall–Kier alpha value is -0.445. The van der Waals surface area contributed by atoms with E-state index in [1.54, 1.807) is 0 Å². The van der Waals surface area contributed by atoms with Gasteiger partial charge in [-0.25, -0.2) is 0 Å². The van der Waals surface area contributed by atoms with Crippen LogP contribution in [-0.4, -0.2) is 17.4 Å². The van der Waals surface area contributed by atoms with Gasteiger partial charge in [-0.3, -0.25) is 0 Å². The van der Waals surface area contributed by atoms with Gasteiger partial charge in [-0.1, -0.05) is 44.2 Å². The SMILES string of the molecule is CC(C)SOB(O)c1ccccc1. The molecular weight excluding hydrogens is 183 g/mol. The van der Waals surface area contributed by atoms with Crippen LogP contribution in [0.3, 0.4) is 0 Å². The first kappa shape index (κ1) is 10.6. The Morgan fingerprint density at radius 1 is 1.31 bits per heavy atom. The topological polar surface area (TPSA) is 29.5 Å². The van der Waals surface area contributed by atoms with Gasteiger partial charge in [0.1, 0.15) is 0 Å². The molecule has 4 heteroatoms. The van der Waals surface area contributed by atoms with Crippen LogP contribution in [0.2, 0.25) is 0 Å². The zero-order chi connectivity index (χ0) is 9.68. The highest BCUT2D eigenvalue weighted by Gasteiger charge is 2.16. The summed E-state index contributed by atoms with van der Waals surface area (Å²) in [5, 5.41) is 9.89.